The molecule has 0 aliphatic rings. The van der Waals surface area contributed by atoms with Gasteiger partial charge in [-0.2, -0.15) is 5.10 Å². The number of nitrogens with one attached hydrogen (secondary N) is 1. The molecule has 0 aliphatic heterocycles. The predicted octanol–water partition coefficient (Wildman–Crippen LogP) is 5.57. The Kier molecular flexibility index (Phi) is 6.13. The summed E-state index contributed by atoms with van der Waals surface area (Å²) in [6.07, 6.45) is 4.30. The number of hydrogen-bond acceptors (Lipinski definition) is 4. The highest BCUT2D eigenvalue weighted by Gasteiger charge is 2.14. The summed E-state index contributed by atoms with van der Waals surface area (Å²) < 4.78 is 0. The van der Waals surface area contributed by atoms with Gasteiger partial charge in [0.05, 0.1) is 28.7 Å². The molecule has 1 atom stereocenters. The normalized spacial score (nSPS) is 12.2. The number of benzene rings is 2. The van der Waals surface area contributed by atoms with Gasteiger partial charge >= 0.3 is 0 Å². The topological polar surface area (TPSA) is 67.2 Å². The number of para-hydroxylation sites is 1. The lowest BCUT2D eigenvalue weighted by molar-refractivity contribution is 0.0956. The van der Waals surface area contributed by atoms with Crippen LogP contribution in [0, 0.1) is 0 Å². The number of aromatic nitrogens is 2. The molecule has 4 rings (SSSR count). The highest BCUT2D eigenvalue weighted by molar-refractivity contribution is 6.07. The molecule has 0 spiro atoms. The first-order valence-corrected chi connectivity index (χ1v) is 10.4. The number of amides is 1. The number of carbonyl (C=O) groups is 1. The van der Waals surface area contributed by atoms with Gasteiger partial charge in [-0.05, 0) is 42.2 Å². The van der Waals surface area contributed by atoms with Crippen molar-refractivity contribution in [2.24, 2.45) is 5.10 Å². The lowest BCUT2D eigenvalue weighted by Crippen LogP contribution is -2.18. The zero-order valence-corrected chi connectivity index (χ0v) is 17.6. The lowest BCUT2D eigenvalue weighted by atomic mass is 9.96. The Morgan fingerprint density at radius 2 is 1.84 bits per heavy atom. The van der Waals surface area contributed by atoms with Crippen molar-refractivity contribution in [2.75, 3.05) is 0 Å². The van der Waals surface area contributed by atoms with Crippen LogP contribution in [0.25, 0.3) is 22.2 Å². The van der Waals surface area contributed by atoms with E-state index in [4.69, 9.17) is 4.98 Å². The summed E-state index contributed by atoms with van der Waals surface area (Å²) in [7, 11) is 0. The number of rotatable bonds is 6. The van der Waals surface area contributed by atoms with Gasteiger partial charge in [-0.15, -0.1) is 0 Å². The van der Waals surface area contributed by atoms with E-state index in [1.165, 1.54) is 11.8 Å². The molecule has 154 valence electrons. The molecule has 1 amide bonds. The summed E-state index contributed by atoms with van der Waals surface area (Å²) in [6.45, 7) is 4.40. The number of nitrogens with zero attached hydrogens (tertiary/aromatic N) is 3. The number of fused-ring (bicyclic) bond motifs is 1. The van der Waals surface area contributed by atoms with Crippen molar-refractivity contribution in [1.82, 2.24) is 15.4 Å². The van der Waals surface area contributed by atoms with Gasteiger partial charge in [0.25, 0.3) is 5.91 Å². The van der Waals surface area contributed by atoms with Crippen LogP contribution in [0.2, 0.25) is 0 Å². The average Bonchev–Trinajstić information content (AvgIpc) is 2.83. The van der Waals surface area contributed by atoms with E-state index in [-0.39, 0.29) is 5.91 Å². The van der Waals surface area contributed by atoms with Gasteiger partial charge in [-0.3, -0.25) is 9.78 Å². The van der Waals surface area contributed by atoms with Gasteiger partial charge in [0, 0.05) is 17.1 Å². The zero-order valence-electron chi connectivity index (χ0n) is 17.6. The van der Waals surface area contributed by atoms with E-state index in [1.54, 1.807) is 6.20 Å². The van der Waals surface area contributed by atoms with Crippen LogP contribution in [0.4, 0.5) is 0 Å². The Bertz CT molecular complexity index is 1220. The van der Waals surface area contributed by atoms with Crippen molar-refractivity contribution < 1.29 is 4.79 Å². The van der Waals surface area contributed by atoms with Gasteiger partial charge in [0.1, 0.15) is 0 Å². The molecule has 2 aromatic carbocycles. The lowest BCUT2D eigenvalue weighted by Gasteiger charge is -2.11. The van der Waals surface area contributed by atoms with E-state index >= 15 is 0 Å². The standard InChI is InChI=1S/C26H24N4O/c1-3-18(2)19-11-13-20(14-12-19)25-16-23(22-9-4-5-10-24(22)29-25)26(31)30-28-17-21-8-6-7-15-27-21/h4-18H,3H2,1-2H3,(H,30,31)/t18-/m1/s1. The van der Waals surface area contributed by atoms with Crippen LogP contribution in [0.15, 0.2) is 84.1 Å². The van der Waals surface area contributed by atoms with Crippen LogP contribution in [0.1, 0.15) is 47.8 Å². The van der Waals surface area contributed by atoms with Crippen LogP contribution in [-0.2, 0) is 0 Å². The number of hydrogen-bond donors (Lipinski definition) is 1. The third kappa shape index (κ3) is 4.67. The SMILES string of the molecule is CC[C@@H](C)c1ccc(-c2cc(C(=O)NN=Cc3ccccn3)c3ccccc3n2)cc1. The maximum atomic E-state index is 12.9. The number of hydrazone groups is 1. The fraction of sp³-hybridized carbons (Fsp3) is 0.154. The number of carbonyl (C=O) groups excluding carboxylic acids is 1. The fourth-order valence-electron chi connectivity index (χ4n) is 3.40. The second-order valence-electron chi connectivity index (χ2n) is 7.46. The van der Waals surface area contributed by atoms with E-state index in [0.29, 0.717) is 17.2 Å². The molecule has 4 aromatic rings. The largest absolute Gasteiger partial charge is 0.272 e. The first kappa shape index (κ1) is 20.4. The molecule has 0 unspecified atom stereocenters. The van der Waals surface area contributed by atoms with Crippen LogP contribution >= 0.6 is 0 Å². The maximum absolute atomic E-state index is 12.9. The summed E-state index contributed by atoms with van der Waals surface area (Å²) in [6, 6.07) is 23.4. The Morgan fingerprint density at radius 1 is 1.06 bits per heavy atom. The predicted molar refractivity (Wildman–Crippen MR) is 125 cm³/mol. The summed E-state index contributed by atoms with van der Waals surface area (Å²) in [5.74, 6) is 0.222. The van der Waals surface area contributed by atoms with Crippen molar-refractivity contribution in [3.63, 3.8) is 0 Å². The van der Waals surface area contributed by atoms with Gasteiger partial charge in [0.15, 0.2) is 0 Å². The van der Waals surface area contributed by atoms with Crippen molar-refractivity contribution in [1.29, 1.82) is 0 Å². The molecular weight excluding hydrogens is 384 g/mol. The van der Waals surface area contributed by atoms with Crippen molar-refractivity contribution in [3.8, 4) is 11.3 Å². The van der Waals surface area contributed by atoms with Gasteiger partial charge in [0.2, 0.25) is 0 Å². The van der Waals surface area contributed by atoms with Gasteiger partial charge < -0.3 is 0 Å². The van der Waals surface area contributed by atoms with Gasteiger partial charge in [-0.25, -0.2) is 10.4 Å². The molecule has 2 heterocycles. The minimum atomic E-state index is -0.289. The zero-order chi connectivity index (χ0) is 21.6. The Balaban J connectivity index is 1.66. The van der Waals surface area contributed by atoms with Crippen LogP contribution in [-0.4, -0.2) is 22.1 Å². The summed E-state index contributed by atoms with van der Waals surface area (Å²) in [5.41, 5.74) is 7.62. The molecule has 0 aliphatic carbocycles. The number of pyridine rings is 2. The molecule has 0 saturated carbocycles. The molecule has 2 aromatic heterocycles. The molecule has 31 heavy (non-hydrogen) atoms. The van der Waals surface area contributed by atoms with E-state index in [9.17, 15) is 4.79 Å². The average molecular weight is 409 g/mol. The summed E-state index contributed by atoms with van der Waals surface area (Å²) >= 11 is 0. The Hall–Kier alpha value is -3.86. The fourth-order valence-corrected chi connectivity index (χ4v) is 3.40. The van der Waals surface area contributed by atoms with E-state index < -0.39 is 0 Å². The molecule has 0 saturated heterocycles. The first-order valence-electron chi connectivity index (χ1n) is 10.4. The Labute approximate surface area is 181 Å². The highest BCUT2D eigenvalue weighted by atomic mass is 16.2. The van der Waals surface area contributed by atoms with Crippen LogP contribution in [0.3, 0.4) is 0 Å². The molecule has 0 radical (unpaired) electrons. The van der Waals surface area contributed by atoms with E-state index in [1.807, 2.05) is 48.5 Å². The van der Waals surface area contributed by atoms with Crippen LogP contribution in [0.5, 0.6) is 0 Å². The molecule has 5 heteroatoms. The quantitative estimate of drug-likeness (QED) is 0.335. The molecule has 0 bridgehead atoms. The summed E-state index contributed by atoms with van der Waals surface area (Å²) in [4.78, 5) is 21.9. The molecule has 1 N–H and O–H groups in total. The molecule has 5 nitrogen and oxygen atoms in total. The van der Waals surface area contributed by atoms with Crippen molar-refractivity contribution in [3.05, 3.63) is 95.8 Å². The monoisotopic (exact) mass is 408 g/mol. The van der Waals surface area contributed by atoms with Crippen molar-refractivity contribution in [2.45, 2.75) is 26.2 Å². The third-order valence-corrected chi connectivity index (χ3v) is 5.40. The van der Waals surface area contributed by atoms with E-state index in [2.05, 4.69) is 53.6 Å². The molecule has 0 fully saturated rings. The maximum Gasteiger partial charge on any atom is 0.272 e. The van der Waals surface area contributed by atoms with Crippen molar-refractivity contribution >= 4 is 23.0 Å². The second-order valence-corrected chi connectivity index (χ2v) is 7.46. The third-order valence-electron chi connectivity index (χ3n) is 5.40. The minimum absolute atomic E-state index is 0.289. The van der Waals surface area contributed by atoms with E-state index in [0.717, 1.165) is 28.6 Å². The van der Waals surface area contributed by atoms with Gasteiger partial charge in [-0.1, -0.05) is 62.4 Å². The minimum Gasteiger partial charge on any atom is -0.267 e. The second kappa shape index (κ2) is 9.30. The molecular formula is C26H24N4O. The summed E-state index contributed by atoms with van der Waals surface area (Å²) in [5, 5.41) is 4.85. The van der Waals surface area contributed by atoms with Crippen LogP contribution < -0.4 is 5.43 Å². The smallest absolute Gasteiger partial charge is 0.267 e. The Morgan fingerprint density at radius 3 is 2.58 bits per heavy atom. The first-order chi connectivity index (χ1) is 15.2. The highest BCUT2D eigenvalue weighted by Crippen LogP contribution is 2.27.